The molecule has 2 aromatic rings. The summed E-state index contributed by atoms with van der Waals surface area (Å²) in [6.07, 6.45) is 1.11. The van der Waals surface area contributed by atoms with Crippen molar-refractivity contribution in [3.63, 3.8) is 0 Å². The van der Waals surface area contributed by atoms with Crippen molar-refractivity contribution in [1.29, 1.82) is 0 Å². The van der Waals surface area contributed by atoms with E-state index < -0.39 is 5.92 Å². The second-order valence-corrected chi connectivity index (χ2v) is 9.03. The lowest BCUT2D eigenvalue weighted by Crippen LogP contribution is -2.44. The first kappa shape index (κ1) is 19.6. The number of benzene rings is 2. The molecule has 0 fully saturated rings. The third kappa shape index (κ3) is 3.31. The van der Waals surface area contributed by atoms with Gasteiger partial charge in [-0.3, -0.25) is 14.5 Å². The summed E-state index contributed by atoms with van der Waals surface area (Å²) in [4.78, 5) is 28.4. The van der Waals surface area contributed by atoms with Gasteiger partial charge in [0.1, 0.15) is 5.82 Å². The third-order valence-corrected chi connectivity index (χ3v) is 6.24. The van der Waals surface area contributed by atoms with E-state index in [1.165, 1.54) is 6.07 Å². The molecule has 0 bridgehead atoms. The number of halogens is 1. The van der Waals surface area contributed by atoms with Crippen LogP contribution in [0.15, 0.2) is 53.7 Å². The Labute approximate surface area is 171 Å². The second-order valence-electron chi connectivity index (χ2n) is 9.03. The Balaban J connectivity index is 1.96. The minimum Gasteiger partial charge on any atom is -0.294 e. The fourth-order valence-electron chi connectivity index (χ4n) is 4.70. The number of Topliss-reactive ketones (excluding diaryl/α,β-unsaturated/α-hetero) is 1. The van der Waals surface area contributed by atoms with Crippen LogP contribution in [-0.4, -0.2) is 11.7 Å². The van der Waals surface area contributed by atoms with Crippen LogP contribution >= 0.6 is 0 Å². The molecule has 3 nitrogen and oxygen atoms in total. The molecule has 1 atom stereocenters. The molecule has 0 saturated heterocycles. The number of rotatable bonds is 2. The lowest BCUT2D eigenvalue weighted by atomic mass is 9.69. The number of hydrogen-bond acceptors (Lipinski definition) is 2. The Kier molecular flexibility index (Phi) is 4.68. The molecule has 1 amide bonds. The van der Waals surface area contributed by atoms with E-state index in [0.29, 0.717) is 24.0 Å². The zero-order valence-corrected chi connectivity index (χ0v) is 17.4. The van der Waals surface area contributed by atoms with E-state index in [1.807, 2.05) is 45.9 Å². The maximum Gasteiger partial charge on any atom is 0.232 e. The lowest BCUT2D eigenvalue weighted by Gasteiger charge is -2.43. The van der Waals surface area contributed by atoms with Crippen molar-refractivity contribution in [2.45, 2.75) is 52.9 Å². The summed E-state index contributed by atoms with van der Waals surface area (Å²) < 4.78 is 14.6. The van der Waals surface area contributed by atoms with Gasteiger partial charge in [-0.05, 0) is 54.5 Å². The predicted octanol–water partition coefficient (Wildman–Crippen LogP) is 5.61. The molecule has 1 unspecified atom stereocenters. The van der Waals surface area contributed by atoms with Crippen molar-refractivity contribution in [2.75, 3.05) is 4.90 Å². The smallest absolute Gasteiger partial charge is 0.232 e. The average Bonchev–Trinajstić information content (AvgIpc) is 2.63. The molecule has 29 heavy (non-hydrogen) atoms. The monoisotopic (exact) mass is 391 g/mol. The molecule has 4 rings (SSSR count). The topological polar surface area (TPSA) is 37.4 Å². The van der Waals surface area contributed by atoms with Crippen LogP contribution in [0.1, 0.15) is 55.7 Å². The van der Waals surface area contributed by atoms with Gasteiger partial charge in [-0.15, -0.1) is 0 Å². The number of carbonyl (C=O) groups is 2. The van der Waals surface area contributed by atoms with E-state index in [2.05, 4.69) is 0 Å². The standard InChI is InChI=1S/C25H26FNO2/c1-15-8-7-11-20(16(15)2)27-21-13-25(3,4)14-22(28)24(21)18(12-23(27)29)17-9-5-6-10-19(17)26/h5-11,18H,12-14H2,1-4H3. The first-order valence-corrected chi connectivity index (χ1v) is 10.1. The van der Waals surface area contributed by atoms with Crippen molar-refractivity contribution in [1.82, 2.24) is 0 Å². The largest absolute Gasteiger partial charge is 0.294 e. The molecule has 150 valence electrons. The molecular formula is C25H26FNO2. The molecule has 1 heterocycles. The quantitative estimate of drug-likeness (QED) is 0.668. The number of amides is 1. The predicted molar refractivity (Wildman–Crippen MR) is 112 cm³/mol. The van der Waals surface area contributed by atoms with Gasteiger partial charge in [0.2, 0.25) is 5.91 Å². The molecule has 1 aliphatic heterocycles. The number of carbonyl (C=O) groups excluding carboxylic acids is 2. The van der Waals surface area contributed by atoms with E-state index >= 15 is 0 Å². The molecule has 1 aliphatic carbocycles. The number of allylic oxidation sites excluding steroid dienone is 2. The summed E-state index contributed by atoms with van der Waals surface area (Å²) in [7, 11) is 0. The summed E-state index contributed by atoms with van der Waals surface area (Å²) in [5, 5.41) is 0. The van der Waals surface area contributed by atoms with Gasteiger partial charge < -0.3 is 0 Å². The van der Waals surface area contributed by atoms with Gasteiger partial charge in [-0.25, -0.2) is 4.39 Å². The highest BCUT2D eigenvalue weighted by atomic mass is 19.1. The van der Waals surface area contributed by atoms with E-state index in [-0.39, 0.29) is 29.3 Å². The van der Waals surface area contributed by atoms with Crippen LogP contribution in [0, 0.1) is 25.1 Å². The average molecular weight is 391 g/mol. The summed E-state index contributed by atoms with van der Waals surface area (Å²) in [6, 6.07) is 12.4. The molecule has 2 aromatic carbocycles. The summed E-state index contributed by atoms with van der Waals surface area (Å²) >= 11 is 0. The molecular weight excluding hydrogens is 365 g/mol. The third-order valence-electron chi connectivity index (χ3n) is 6.24. The lowest BCUT2D eigenvalue weighted by molar-refractivity contribution is -0.121. The Bertz CT molecular complexity index is 1050. The van der Waals surface area contributed by atoms with Crippen molar-refractivity contribution in [3.05, 3.63) is 76.2 Å². The first-order valence-electron chi connectivity index (χ1n) is 10.1. The molecule has 0 aromatic heterocycles. The van der Waals surface area contributed by atoms with Crippen molar-refractivity contribution < 1.29 is 14.0 Å². The van der Waals surface area contributed by atoms with Gasteiger partial charge in [0.25, 0.3) is 0 Å². The summed E-state index contributed by atoms with van der Waals surface area (Å²) in [5.74, 6) is -0.956. The van der Waals surface area contributed by atoms with E-state index in [4.69, 9.17) is 0 Å². The zero-order chi connectivity index (χ0) is 20.9. The highest BCUT2D eigenvalue weighted by molar-refractivity contribution is 6.08. The minimum atomic E-state index is -0.524. The van der Waals surface area contributed by atoms with Crippen LogP contribution in [0.3, 0.4) is 0 Å². The van der Waals surface area contributed by atoms with Gasteiger partial charge in [0, 0.05) is 30.0 Å². The van der Waals surface area contributed by atoms with Crippen LogP contribution < -0.4 is 4.90 Å². The van der Waals surface area contributed by atoms with Crippen molar-refractivity contribution in [2.24, 2.45) is 5.41 Å². The summed E-state index contributed by atoms with van der Waals surface area (Å²) in [6.45, 7) is 8.11. The highest BCUT2D eigenvalue weighted by Gasteiger charge is 2.45. The van der Waals surface area contributed by atoms with Crippen molar-refractivity contribution >= 4 is 17.4 Å². The van der Waals surface area contributed by atoms with Crippen LogP contribution in [0.25, 0.3) is 0 Å². The maximum absolute atomic E-state index is 14.6. The SMILES string of the molecule is Cc1cccc(N2C(=O)CC(c3ccccc3F)C3=C2CC(C)(C)CC3=O)c1C. The number of hydrogen-bond donors (Lipinski definition) is 0. The van der Waals surface area contributed by atoms with Gasteiger partial charge in [-0.2, -0.15) is 0 Å². The van der Waals surface area contributed by atoms with Crippen LogP contribution in [0.5, 0.6) is 0 Å². The van der Waals surface area contributed by atoms with Crippen LogP contribution in [0.4, 0.5) is 10.1 Å². The molecule has 4 heteroatoms. The van der Waals surface area contributed by atoms with Crippen LogP contribution in [-0.2, 0) is 9.59 Å². The number of anilines is 1. The van der Waals surface area contributed by atoms with Gasteiger partial charge in [0.05, 0.1) is 5.69 Å². The molecule has 0 radical (unpaired) electrons. The fourth-order valence-corrected chi connectivity index (χ4v) is 4.70. The normalized spacial score (nSPS) is 21.4. The molecule has 2 aliphatic rings. The van der Waals surface area contributed by atoms with Gasteiger partial charge >= 0.3 is 0 Å². The minimum absolute atomic E-state index is 0.0207. The first-order chi connectivity index (χ1) is 13.7. The van der Waals surface area contributed by atoms with E-state index in [0.717, 1.165) is 22.5 Å². The second kappa shape index (κ2) is 6.94. The Hall–Kier alpha value is -2.75. The highest BCUT2D eigenvalue weighted by Crippen LogP contribution is 2.48. The number of ketones is 1. The molecule has 0 saturated carbocycles. The Morgan fingerprint density at radius 1 is 1.00 bits per heavy atom. The Morgan fingerprint density at radius 2 is 1.72 bits per heavy atom. The molecule has 0 spiro atoms. The summed E-state index contributed by atoms with van der Waals surface area (Å²) in [5.41, 5.74) is 4.47. The molecule has 0 N–H and O–H groups in total. The van der Waals surface area contributed by atoms with E-state index in [1.54, 1.807) is 23.1 Å². The zero-order valence-electron chi connectivity index (χ0n) is 17.4. The van der Waals surface area contributed by atoms with Gasteiger partial charge in [0.15, 0.2) is 5.78 Å². The van der Waals surface area contributed by atoms with Crippen LogP contribution in [0.2, 0.25) is 0 Å². The van der Waals surface area contributed by atoms with Gasteiger partial charge in [-0.1, -0.05) is 44.2 Å². The maximum atomic E-state index is 14.6. The van der Waals surface area contributed by atoms with Crippen molar-refractivity contribution in [3.8, 4) is 0 Å². The van der Waals surface area contributed by atoms with E-state index in [9.17, 15) is 14.0 Å². The number of nitrogens with zero attached hydrogens (tertiary/aromatic N) is 1. The Morgan fingerprint density at radius 3 is 2.45 bits per heavy atom. The number of aryl methyl sites for hydroxylation is 1. The fraction of sp³-hybridized carbons (Fsp3) is 0.360.